The monoisotopic (exact) mass is 1110 g/mol. The summed E-state index contributed by atoms with van der Waals surface area (Å²) in [6.45, 7) is 7.08. The Morgan fingerprint density at radius 2 is 1.00 bits per heavy atom. The molecule has 2 saturated heterocycles. The predicted molar refractivity (Wildman–Crippen MR) is 260 cm³/mol. The van der Waals surface area contributed by atoms with Crippen LogP contribution in [0.3, 0.4) is 0 Å². The van der Waals surface area contributed by atoms with Crippen molar-refractivity contribution in [1.82, 2.24) is 16.0 Å². The topological polar surface area (TPSA) is 335 Å². The lowest BCUT2D eigenvalue weighted by Gasteiger charge is -2.48. The SMILES string of the molecule is CC(=O)OC[C@H]1O[C@@H](SCNC(=O)CC[C@@H](NC(=O)OCc2ccccc2)C(=O)N[C@@H](C)C(=O)OCc2ccccc2)[C@H](OC(C)=O)[C@@H](OC(C)=O)[C@@H]1O[C@@H]1O[C@H](COC(C)=O)[C@@H](OC(C)=O)[C@H](OC(C)=O)[C@H]1OC(C)=O. The van der Waals surface area contributed by atoms with E-state index in [4.69, 9.17) is 56.8 Å². The van der Waals surface area contributed by atoms with E-state index in [0.717, 1.165) is 60.2 Å². The summed E-state index contributed by atoms with van der Waals surface area (Å²) in [7, 11) is 0. The molecule has 0 saturated carbocycles. The first-order valence-corrected chi connectivity index (χ1v) is 25.0. The Morgan fingerprint density at radius 3 is 1.52 bits per heavy atom. The van der Waals surface area contributed by atoms with Crippen LogP contribution in [0.4, 0.5) is 4.79 Å². The molecule has 4 rings (SSSR count). The molecule has 2 fully saturated rings. The zero-order valence-electron chi connectivity index (χ0n) is 43.4. The van der Waals surface area contributed by atoms with Gasteiger partial charge in [-0.05, 0) is 24.5 Å². The Bertz CT molecular complexity index is 2380. The highest BCUT2D eigenvalue weighted by Gasteiger charge is 2.57. The average Bonchev–Trinajstić information content (AvgIpc) is 3.36. The number of hydrogen-bond donors (Lipinski definition) is 3. The van der Waals surface area contributed by atoms with Gasteiger partial charge in [-0.3, -0.25) is 43.2 Å². The van der Waals surface area contributed by atoms with Crippen LogP contribution in [0.15, 0.2) is 60.7 Å². The standard InChI is InChI=1S/C50H63N3O23S/c1-26(47(63)67-21-34-15-11-9-12-16-34)52-46(62)36(53-50(64)68-22-35-17-13-10-14-18-35)19-20-39(61)51-25-77-49-45(73-33(8)60)43(71-31(6)58)41(38(75-49)24-66-28(3)55)76-48-44(72-32(7)59)42(70-30(5)57)40(69-29(4)56)37(74-48)23-65-27(2)54/h9-18,26,36-38,40-45,48-49H,19-25H2,1-8H3,(H,51,61)(H,52,62)(H,53,64)/t26-,36+,37+,38+,40+,41+,42-,43-,44+,45+,48-,49-/m0/s1. The number of nitrogens with one attached hydrogen (secondary N) is 3. The van der Waals surface area contributed by atoms with E-state index in [-0.39, 0.29) is 25.5 Å². The van der Waals surface area contributed by atoms with Gasteiger partial charge in [0.25, 0.3) is 0 Å². The predicted octanol–water partition coefficient (Wildman–Crippen LogP) is 1.74. The molecule has 27 heteroatoms. The van der Waals surface area contributed by atoms with Crippen LogP contribution < -0.4 is 16.0 Å². The van der Waals surface area contributed by atoms with Crippen molar-refractivity contribution in [3.63, 3.8) is 0 Å². The molecular weight excluding hydrogens is 1040 g/mol. The van der Waals surface area contributed by atoms with Crippen molar-refractivity contribution in [1.29, 1.82) is 0 Å². The maximum Gasteiger partial charge on any atom is 0.408 e. The molecule has 0 spiro atoms. The van der Waals surface area contributed by atoms with E-state index < -0.39 is 158 Å². The maximum atomic E-state index is 13.6. The third kappa shape index (κ3) is 21.3. The lowest BCUT2D eigenvalue weighted by molar-refractivity contribution is -0.341. The molecule has 0 radical (unpaired) electrons. The number of carbonyl (C=O) groups is 11. The van der Waals surface area contributed by atoms with Gasteiger partial charge in [0.05, 0.1) is 5.88 Å². The molecule has 26 nitrogen and oxygen atoms in total. The molecule has 2 aromatic rings. The molecule has 0 unspecified atom stereocenters. The van der Waals surface area contributed by atoms with Crippen molar-refractivity contribution in [3.05, 3.63) is 71.8 Å². The minimum Gasteiger partial charge on any atom is -0.463 e. The van der Waals surface area contributed by atoms with E-state index in [9.17, 15) is 52.7 Å². The third-order valence-electron chi connectivity index (χ3n) is 10.8. The maximum absolute atomic E-state index is 13.6. The van der Waals surface area contributed by atoms with Crippen molar-refractivity contribution in [2.45, 2.75) is 154 Å². The van der Waals surface area contributed by atoms with Gasteiger partial charge in [0, 0.05) is 54.9 Å². The Labute approximate surface area is 446 Å². The molecular formula is C50H63N3O23S. The van der Waals surface area contributed by atoms with E-state index in [1.54, 1.807) is 60.7 Å². The summed E-state index contributed by atoms with van der Waals surface area (Å²) in [6, 6.07) is 14.9. The van der Waals surface area contributed by atoms with Gasteiger partial charge in [-0.15, -0.1) is 11.8 Å². The quantitative estimate of drug-likeness (QED) is 0.0724. The number of amides is 3. The summed E-state index contributed by atoms with van der Waals surface area (Å²) in [5.41, 5.74) is -0.0219. The fourth-order valence-electron chi connectivity index (χ4n) is 7.58. The van der Waals surface area contributed by atoms with Crippen molar-refractivity contribution >= 4 is 77.4 Å². The molecule has 3 amide bonds. The lowest BCUT2D eigenvalue weighted by atomic mass is 9.96. The van der Waals surface area contributed by atoms with E-state index in [1.807, 2.05) is 0 Å². The summed E-state index contributed by atoms with van der Waals surface area (Å²) in [6.07, 6.45) is -16.7. The van der Waals surface area contributed by atoms with Crippen LogP contribution in [-0.4, -0.2) is 157 Å². The molecule has 2 heterocycles. The minimum atomic E-state index is -1.90. The van der Waals surface area contributed by atoms with Crippen LogP contribution in [0.25, 0.3) is 0 Å². The second-order valence-electron chi connectivity index (χ2n) is 17.2. The van der Waals surface area contributed by atoms with E-state index in [1.165, 1.54) is 6.92 Å². The summed E-state index contributed by atoms with van der Waals surface area (Å²) in [5, 5.41) is 7.55. The third-order valence-corrected chi connectivity index (χ3v) is 11.8. The summed E-state index contributed by atoms with van der Waals surface area (Å²) in [5.74, 6) is -8.95. The Kier molecular flexibility index (Phi) is 25.0. The van der Waals surface area contributed by atoms with Crippen LogP contribution in [0.1, 0.15) is 79.4 Å². The highest BCUT2D eigenvalue weighted by molar-refractivity contribution is 7.99. The number of rotatable bonds is 25. The van der Waals surface area contributed by atoms with Crippen molar-refractivity contribution in [2.75, 3.05) is 19.1 Å². The smallest absolute Gasteiger partial charge is 0.408 e. The Hall–Kier alpha value is -7.36. The largest absolute Gasteiger partial charge is 0.463 e. The van der Waals surface area contributed by atoms with Crippen molar-refractivity contribution < 1.29 is 110 Å². The van der Waals surface area contributed by atoms with Gasteiger partial charge >= 0.3 is 53.8 Å². The molecule has 422 valence electrons. The number of ether oxygens (including phenoxy) is 12. The van der Waals surface area contributed by atoms with Gasteiger partial charge in [-0.25, -0.2) is 9.59 Å². The minimum absolute atomic E-state index is 0.0707. The number of carbonyl (C=O) groups excluding carboxylic acids is 11. The number of alkyl carbamates (subject to hydrolysis) is 1. The average molecular weight is 1110 g/mol. The van der Waals surface area contributed by atoms with Gasteiger partial charge in [0.1, 0.15) is 62.3 Å². The molecule has 2 aromatic carbocycles. The first kappa shape index (κ1) is 62.2. The number of hydrogen-bond acceptors (Lipinski definition) is 24. The Balaban J connectivity index is 1.57. The summed E-state index contributed by atoms with van der Waals surface area (Å²) >= 11 is 0.801. The van der Waals surface area contributed by atoms with Crippen LogP contribution in [-0.2, 0) is 118 Å². The first-order chi connectivity index (χ1) is 36.5. The van der Waals surface area contributed by atoms with E-state index >= 15 is 0 Å². The molecule has 3 N–H and O–H groups in total. The fourth-order valence-corrected chi connectivity index (χ4v) is 8.61. The molecule has 12 atom stereocenters. The molecule has 77 heavy (non-hydrogen) atoms. The van der Waals surface area contributed by atoms with Gasteiger partial charge in [-0.1, -0.05) is 60.7 Å². The highest BCUT2D eigenvalue weighted by atomic mass is 32.2. The van der Waals surface area contributed by atoms with Crippen LogP contribution in [0, 0.1) is 0 Å². The van der Waals surface area contributed by atoms with Crippen molar-refractivity contribution in [3.8, 4) is 0 Å². The van der Waals surface area contributed by atoms with Crippen LogP contribution in [0.5, 0.6) is 0 Å². The number of esters is 8. The molecule has 0 aromatic heterocycles. The Morgan fingerprint density at radius 1 is 0.532 bits per heavy atom. The highest BCUT2D eigenvalue weighted by Crippen LogP contribution is 2.37. The summed E-state index contributed by atoms with van der Waals surface area (Å²) < 4.78 is 67.7. The zero-order chi connectivity index (χ0) is 56.8. The zero-order valence-corrected chi connectivity index (χ0v) is 44.3. The summed E-state index contributed by atoms with van der Waals surface area (Å²) in [4.78, 5) is 140. The normalized spacial score (nSPS) is 23.4. The van der Waals surface area contributed by atoms with Crippen LogP contribution in [0.2, 0.25) is 0 Å². The molecule has 0 bridgehead atoms. The molecule has 2 aliphatic heterocycles. The van der Waals surface area contributed by atoms with Gasteiger partial charge in [-0.2, -0.15) is 0 Å². The van der Waals surface area contributed by atoms with Gasteiger partial charge in [0.15, 0.2) is 36.8 Å². The van der Waals surface area contributed by atoms with E-state index in [0.29, 0.717) is 11.1 Å². The molecule has 0 aliphatic carbocycles. The molecule has 2 aliphatic rings. The van der Waals surface area contributed by atoms with Gasteiger partial charge < -0.3 is 72.8 Å². The fraction of sp³-hybridized carbons (Fsp3) is 0.540. The lowest BCUT2D eigenvalue weighted by Crippen LogP contribution is -2.66. The van der Waals surface area contributed by atoms with Gasteiger partial charge in [0.2, 0.25) is 11.8 Å². The van der Waals surface area contributed by atoms with E-state index in [2.05, 4.69) is 16.0 Å². The number of thioether (sulfide) groups is 1. The number of benzene rings is 2. The first-order valence-electron chi connectivity index (χ1n) is 24.0. The second kappa shape index (κ2) is 31.0. The van der Waals surface area contributed by atoms with Crippen LogP contribution >= 0.6 is 11.8 Å². The van der Waals surface area contributed by atoms with Crippen molar-refractivity contribution in [2.24, 2.45) is 0 Å². The second-order valence-corrected chi connectivity index (χ2v) is 18.3.